The van der Waals surface area contributed by atoms with Crippen molar-refractivity contribution < 1.29 is 4.79 Å². The van der Waals surface area contributed by atoms with Crippen LogP contribution < -0.4 is 11.1 Å². The van der Waals surface area contributed by atoms with Crippen molar-refractivity contribution in [1.29, 1.82) is 0 Å². The second-order valence-corrected chi connectivity index (χ2v) is 7.92. The summed E-state index contributed by atoms with van der Waals surface area (Å²) in [4.78, 5) is 19.2. The summed E-state index contributed by atoms with van der Waals surface area (Å²) in [5.41, 5.74) is 9.61. The lowest BCUT2D eigenvalue weighted by molar-refractivity contribution is -0.133. The molecular formula is C24H28N4O. The Labute approximate surface area is 171 Å². The van der Waals surface area contributed by atoms with Crippen LogP contribution >= 0.6 is 0 Å². The first-order valence-corrected chi connectivity index (χ1v) is 10.3. The van der Waals surface area contributed by atoms with Crippen LogP contribution in [0.1, 0.15) is 24.0 Å². The van der Waals surface area contributed by atoms with Crippen molar-refractivity contribution in [2.24, 2.45) is 5.73 Å². The van der Waals surface area contributed by atoms with Crippen molar-refractivity contribution in [3.05, 3.63) is 72.1 Å². The highest BCUT2D eigenvalue weighted by molar-refractivity contribution is 5.95. The first kappa shape index (κ1) is 19.4. The molecule has 2 heterocycles. The number of pyridine rings is 1. The summed E-state index contributed by atoms with van der Waals surface area (Å²) in [7, 11) is 0. The molecule has 1 fully saturated rings. The summed E-state index contributed by atoms with van der Waals surface area (Å²) in [5.74, 6) is 0.0404. The monoisotopic (exact) mass is 388 g/mol. The van der Waals surface area contributed by atoms with E-state index >= 15 is 0 Å². The van der Waals surface area contributed by atoms with Crippen LogP contribution in [-0.4, -0.2) is 41.0 Å². The van der Waals surface area contributed by atoms with Gasteiger partial charge in [-0.15, -0.1) is 0 Å². The van der Waals surface area contributed by atoms with E-state index in [0.29, 0.717) is 13.0 Å². The Balaban J connectivity index is 1.44. The minimum atomic E-state index is -0.498. The second-order valence-electron chi connectivity index (χ2n) is 7.92. The molecule has 2 aromatic carbocycles. The molecule has 5 nitrogen and oxygen atoms in total. The van der Waals surface area contributed by atoms with Crippen molar-refractivity contribution in [3.8, 4) is 0 Å². The third-order valence-electron chi connectivity index (χ3n) is 5.68. The summed E-state index contributed by atoms with van der Waals surface area (Å²) in [6.45, 7) is 3.54. The Morgan fingerprint density at radius 2 is 2.03 bits per heavy atom. The zero-order valence-corrected chi connectivity index (χ0v) is 16.8. The molecule has 1 unspecified atom stereocenters. The fourth-order valence-corrected chi connectivity index (χ4v) is 4.24. The number of nitrogens with one attached hydrogen (secondary N) is 1. The van der Waals surface area contributed by atoms with Crippen LogP contribution in [0, 0.1) is 6.92 Å². The number of hydrogen-bond donors (Lipinski definition) is 2. The van der Waals surface area contributed by atoms with Crippen LogP contribution in [0.25, 0.3) is 10.8 Å². The highest BCUT2D eigenvalue weighted by Gasteiger charge is 2.27. The fraction of sp³-hybridized carbons (Fsp3) is 0.333. The lowest BCUT2D eigenvalue weighted by atomic mass is 10.0. The lowest BCUT2D eigenvalue weighted by Gasteiger charge is -2.35. The van der Waals surface area contributed by atoms with E-state index in [1.54, 1.807) is 0 Å². The standard InChI is InChI=1S/C24H28N4O/c1-17-14-26-15-19-9-5-11-22(23(17)19)27-20-10-6-12-28(16-20)24(29)21(25)13-18-7-3-2-4-8-18/h2-5,7-9,11,14-15,20-21,27H,6,10,12-13,16,25H2,1H3/t20?,21-/m0/s1. The molecule has 0 radical (unpaired) electrons. The number of fused-ring (bicyclic) bond motifs is 1. The Bertz CT molecular complexity index is 983. The summed E-state index contributed by atoms with van der Waals surface area (Å²) < 4.78 is 0. The van der Waals surface area contributed by atoms with E-state index in [-0.39, 0.29) is 11.9 Å². The van der Waals surface area contributed by atoms with Crippen LogP contribution in [0.5, 0.6) is 0 Å². The largest absolute Gasteiger partial charge is 0.380 e. The molecule has 150 valence electrons. The third-order valence-corrected chi connectivity index (χ3v) is 5.68. The molecular weight excluding hydrogens is 360 g/mol. The molecule has 1 aliphatic heterocycles. The van der Waals surface area contributed by atoms with Gasteiger partial charge in [-0.05, 0) is 43.4 Å². The van der Waals surface area contributed by atoms with Crippen molar-refractivity contribution in [2.45, 2.75) is 38.3 Å². The smallest absolute Gasteiger partial charge is 0.239 e. The predicted octanol–water partition coefficient (Wildman–Crippen LogP) is 3.52. The van der Waals surface area contributed by atoms with Gasteiger partial charge >= 0.3 is 0 Å². The molecule has 0 bridgehead atoms. The molecule has 1 aliphatic rings. The highest BCUT2D eigenvalue weighted by atomic mass is 16.2. The van der Waals surface area contributed by atoms with Gasteiger partial charge in [0.15, 0.2) is 0 Å². The van der Waals surface area contributed by atoms with Gasteiger partial charge < -0.3 is 16.0 Å². The Morgan fingerprint density at radius 1 is 1.21 bits per heavy atom. The molecule has 1 saturated heterocycles. The SMILES string of the molecule is Cc1cncc2cccc(NC3CCCN(C(=O)[C@@H](N)Cc4ccccc4)C3)c12. The zero-order valence-electron chi connectivity index (χ0n) is 16.8. The Kier molecular flexibility index (Phi) is 5.76. The minimum Gasteiger partial charge on any atom is -0.380 e. The number of anilines is 1. The molecule has 4 rings (SSSR count). The van der Waals surface area contributed by atoms with Crippen molar-refractivity contribution in [1.82, 2.24) is 9.88 Å². The number of nitrogens with zero attached hydrogens (tertiary/aromatic N) is 2. The summed E-state index contributed by atoms with van der Waals surface area (Å²) in [5, 5.41) is 6.00. The van der Waals surface area contributed by atoms with Crippen LogP contribution in [0.4, 0.5) is 5.69 Å². The van der Waals surface area contributed by atoms with Crippen LogP contribution in [-0.2, 0) is 11.2 Å². The fourth-order valence-electron chi connectivity index (χ4n) is 4.24. The van der Waals surface area contributed by atoms with Gasteiger partial charge in [0.1, 0.15) is 0 Å². The van der Waals surface area contributed by atoms with Gasteiger partial charge in [-0.1, -0.05) is 42.5 Å². The van der Waals surface area contributed by atoms with Gasteiger partial charge in [0.05, 0.1) is 6.04 Å². The number of carbonyl (C=O) groups excluding carboxylic acids is 1. The zero-order chi connectivity index (χ0) is 20.2. The molecule has 3 aromatic rings. The van der Waals surface area contributed by atoms with Crippen molar-refractivity contribution in [2.75, 3.05) is 18.4 Å². The highest BCUT2D eigenvalue weighted by Crippen LogP contribution is 2.27. The number of nitrogens with two attached hydrogens (primary N) is 1. The molecule has 1 aromatic heterocycles. The summed E-state index contributed by atoms with van der Waals surface area (Å²) in [6, 6.07) is 15.9. The number of aromatic nitrogens is 1. The molecule has 1 amide bonds. The van der Waals surface area contributed by atoms with E-state index in [2.05, 4.69) is 29.4 Å². The number of amides is 1. The number of rotatable bonds is 5. The van der Waals surface area contributed by atoms with Gasteiger partial charge in [-0.2, -0.15) is 0 Å². The minimum absolute atomic E-state index is 0.0404. The maximum Gasteiger partial charge on any atom is 0.239 e. The number of piperidine rings is 1. The van der Waals surface area contributed by atoms with Gasteiger partial charge in [0.25, 0.3) is 0 Å². The molecule has 2 atom stereocenters. The van der Waals surface area contributed by atoms with Gasteiger partial charge in [0, 0.05) is 48.0 Å². The maximum absolute atomic E-state index is 12.9. The molecule has 0 aliphatic carbocycles. The normalized spacial score (nSPS) is 17.9. The molecule has 0 saturated carbocycles. The summed E-state index contributed by atoms with van der Waals surface area (Å²) in [6.07, 6.45) is 6.38. The number of hydrogen-bond acceptors (Lipinski definition) is 4. The number of carbonyl (C=O) groups is 1. The number of benzene rings is 2. The second kappa shape index (κ2) is 8.62. The predicted molar refractivity (Wildman–Crippen MR) is 118 cm³/mol. The average Bonchev–Trinajstić information content (AvgIpc) is 2.74. The molecule has 5 heteroatoms. The quantitative estimate of drug-likeness (QED) is 0.702. The van der Waals surface area contributed by atoms with Crippen LogP contribution in [0.3, 0.4) is 0 Å². The van der Waals surface area contributed by atoms with Crippen LogP contribution in [0.15, 0.2) is 60.9 Å². The molecule has 0 spiro atoms. The Morgan fingerprint density at radius 3 is 2.86 bits per heavy atom. The average molecular weight is 389 g/mol. The van der Waals surface area contributed by atoms with E-state index < -0.39 is 6.04 Å². The van der Waals surface area contributed by atoms with Crippen molar-refractivity contribution >= 4 is 22.4 Å². The van der Waals surface area contributed by atoms with Gasteiger partial charge in [-0.25, -0.2) is 0 Å². The van der Waals surface area contributed by atoms with Gasteiger partial charge in [0.2, 0.25) is 5.91 Å². The first-order chi connectivity index (χ1) is 14.1. The van der Waals surface area contributed by atoms with E-state index in [4.69, 9.17) is 5.73 Å². The molecule has 29 heavy (non-hydrogen) atoms. The van der Waals surface area contributed by atoms with E-state index in [0.717, 1.165) is 41.6 Å². The van der Waals surface area contributed by atoms with E-state index in [1.807, 2.05) is 53.7 Å². The third kappa shape index (κ3) is 4.40. The topological polar surface area (TPSA) is 71.2 Å². The number of likely N-dealkylation sites (tertiary alicyclic amines) is 1. The van der Waals surface area contributed by atoms with Crippen molar-refractivity contribution in [3.63, 3.8) is 0 Å². The maximum atomic E-state index is 12.9. The first-order valence-electron chi connectivity index (χ1n) is 10.3. The van der Waals surface area contributed by atoms with E-state index in [1.165, 1.54) is 5.39 Å². The number of aryl methyl sites for hydroxylation is 1. The Hall–Kier alpha value is -2.92. The molecule has 3 N–H and O–H groups in total. The van der Waals surface area contributed by atoms with Gasteiger partial charge in [-0.3, -0.25) is 9.78 Å². The van der Waals surface area contributed by atoms with E-state index in [9.17, 15) is 4.79 Å². The van der Waals surface area contributed by atoms with Crippen LogP contribution in [0.2, 0.25) is 0 Å². The lowest BCUT2D eigenvalue weighted by Crippen LogP contribution is -2.51. The summed E-state index contributed by atoms with van der Waals surface area (Å²) >= 11 is 0.